The summed E-state index contributed by atoms with van der Waals surface area (Å²) in [5.41, 5.74) is 2.21. The first-order chi connectivity index (χ1) is 9.83. The van der Waals surface area contributed by atoms with Crippen molar-refractivity contribution in [2.45, 2.75) is 25.4 Å². The summed E-state index contributed by atoms with van der Waals surface area (Å²) in [6.45, 7) is 0.613. The molecule has 1 aliphatic rings. The highest BCUT2D eigenvalue weighted by atomic mass is 35.5. The number of rotatable bonds is 4. The summed E-state index contributed by atoms with van der Waals surface area (Å²) in [7, 11) is 0. The molecule has 2 aromatic heterocycles. The highest BCUT2D eigenvalue weighted by Crippen LogP contribution is 2.28. The Labute approximate surface area is 123 Å². The van der Waals surface area contributed by atoms with Crippen molar-refractivity contribution >= 4 is 34.4 Å². The van der Waals surface area contributed by atoms with E-state index < -0.39 is 0 Å². The van der Waals surface area contributed by atoms with E-state index in [0.717, 1.165) is 28.6 Å². The second-order valence-corrected chi connectivity index (χ2v) is 5.63. The SMILES string of the molecule is Clc1ccc2nsnc2c1-n1nnnc1CNC1CC1. The van der Waals surface area contributed by atoms with Gasteiger partial charge in [0.2, 0.25) is 0 Å². The van der Waals surface area contributed by atoms with Crippen LogP contribution >= 0.6 is 23.3 Å². The average molecular weight is 308 g/mol. The molecule has 4 rings (SSSR count). The van der Waals surface area contributed by atoms with Crippen LogP contribution in [0.25, 0.3) is 16.7 Å². The van der Waals surface area contributed by atoms with Gasteiger partial charge in [0.05, 0.1) is 23.3 Å². The summed E-state index contributed by atoms with van der Waals surface area (Å²) in [6, 6.07) is 4.23. The van der Waals surface area contributed by atoms with E-state index in [1.54, 1.807) is 10.7 Å². The van der Waals surface area contributed by atoms with E-state index in [2.05, 4.69) is 29.6 Å². The van der Waals surface area contributed by atoms with Crippen LogP contribution in [0, 0.1) is 0 Å². The second kappa shape index (κ2) is 4.72. The number of tetrazole rings is 1. The lowest BCUT2D eigenvalue weighted by Gasteiger charge is -2.07. The van der Waals surface area contributed by atoms with Crippen molar-refractivity contribution in [3.63, 3.8) is 0 Å². The fourth-order valence-electron chi connectivity index (χ4n) is 2.03. The van der Waals surface area contributed by atoms with Crippen molar-refractivity contribution < 1.29 is 0 Å². The van der Waals surface area contributed by atoms with Crippen LogP contribution in [0.1, 0.15) is 18.7 Å². The Hall–Kier alpha value is -1.64. The lowest BCUT2D eigenvalue weighted by molar-refractivity contribution is 0.638. The maximum absolute atomic E-state index is 6.30. The first-order valence-electron chi connectivity index (χ1n) is 6.25. The predicted molar refractivity (Wildman–Crippen MR) is 75.0 cm³/mol. The van der Waals surface area contributed by atoms with E-state index in [-0.39, 0.29) is 0 Å². The summed E-state index contributed by atoms with van der Waals surface area (Å²) in [4.78, 5) is 0. The van der Waals surface area contributed by atoms with E-state index in [4.69, 9.17) is 11.6 Å². The van der Waals surface area contributed by atoms with Gasteiger partial charge in [-0.25, -0.2) is 0 Å². The molecule has 9 heteroatoms. The Kier molecular flexibility index (Phi) is 2.86. The lowest BCUT2D eigenvalue weighted by Crippen LogP contribution is -2.19. The van der Waals surface area contributed by atoms with Crippen LogP contribution in [-0.2, 0) is 6.54 Å². The van der Waals surface area contributed by atoms with E-state index in [1.807, 2.05) is 6.07 Å². The molecular weight excluding hydrogens is 298 g/mol. The third kappa shape index (κ3) is 2.05. The predicted octanol–water partition coefficient (Wildman–Crippen LogP) is 1.57. The molecule has 0 radical (unpaired) electrons. The molecule has 1 N–H and O–H groups in total. The maximum Gasteiger partial charge on any atom is 0.170 e. The van der Waals surface area contributed by atoms with Gasteiger partial charge < -0.3 is 5.32 Å². The summed E-state index contributed by atoms with van der Waals surface area (Å²) in [5.74, 6) is 0.722. The van der Waals surface area contributed by atoms with Crippen LogP contribution in [-0.4, -0.2) is 35.0 Å². The number of benzene rings is 1. The summed E-state index contributed by atoms with van der Waals surface area (Å²) >= 11 is 7.45. The standard InChI is InChI=1S/C11H10ClN7S/c12-7-3-4-8-10(16-20-15-8)11(7)19-9(14-17-18-19)5-13-6-1-2-6/h3-4,6,13H,1-2,5H2. The summed E-state index contributed by atoms with van der Waals surface area (Å²) in [6.07, 6.45) is 2.43. The van der Waals surface area contributed by atoms with E-state index in [0.29, 0.717) is 23.3 Å². The van der Waals surface area contributed by atoms with Crippen molar-refractivity contribution in [2.24, 2.45) is 0 Å². The molecule has 7 nitrogen and oxygen atoms in total. The molecule has 20 heavy (non-hydrogen) atoms. The molecule has 1 saturated carbocycles. The van der Waals surface area contributed by atoms with Gasteiger partial charge in [-0.2, -0.15) is 13.4 Å². The zero-order valence-corrected chi connectivity index (χ0v) is 11.9. The van der Waals surface area contributed by atoms with Crippen molar-refractivity contribution in [3.05, 3.63) is 23.0 Å². The number of aromatic nitrogens is 6. The highest BCUT2D eigenvalue weighted by Gasteiger charge is 2.22. The largest absolute Gasteiger partial charge is 0.307 e. The van der Waals surface area contributed by atoms with E-state index in [1.165, 1.54) is 12.8 Å². The molecule has 1 aliphatic carbocycles. The highest BCUT2D eigenvalue weighted by molar-refractivity contribution is 7.00. The minimum atomic E-state index is 0.560. The Morgan fingerprint density at radius 2 is 2.25 bits per heavy atom. The van der Waals surface area contributed by atoms with Crippen LogP contribution in [0.5, 0.6) is 0 Å². The van der Waals surface area contributed by atoms with Crippen LogP contribution in [0.15, 0.2) is 12.1 Å². The maximum atomic E-state index is 6.30. The van der Waals surface area contributed by atoms with Gasteiger partial charge in [0, 0.05) is 6.04 Å². The van der Waals surface area contributed by atoms with Gasteiger partial charge >= 0.3 is 0 Å². The number of halogens is 1. The fourth-order valence-corrected chi connectivity index (χ4v) is 2.80. The Morgan fingerprint density at radius 3 is 3.10 bits per heavy atom. The quantitative estimate of drug-likeness (QED) is 0.788. The van der Waals surface area contributed by atoms with E-state index in [9.17, 15) is 0 Å². The topological polar surface area (TPSA) is 81.4 Å². The first kappa shape index (κ1) is 12.1. The van der Waals surface area contributed by atoms with E-state index >= 15 is 0 Å². The third-order valence-electron chi connectivity index (χ3n) is 3.22. The van der Waals surface area contributed by atoms with Crippen molar-refractivity contribution in [1.82, 2.24) is 34.3 Å². The molecule has 1 fully saturated rings. The van der Waals surface area contributed by atoms with Gasteiger partial charge in [-0.05, 0) is 35.4 Å². The average Bonchev–Trinajstić information content (AvgIpc) is 2.98. The number of nitrogens with one attached hydrogen (secondary N) is 1. The Balaban J connectivity index is 1.80. The first-order valence-corrected chi connectivity index (χ1v) is 7.35. The lowest BCUT2D eigenvalue weighted by atomic mass is 10.2. The number of hydrogen-bond acceptors (Lipinski definition) is 7. The zero-order valence-electron chi connectivity index (χ0n) is 10.3. The molecule has 3 aromatic rings. The van der Waals surface area contributed by atoms with Gasteiger partial charge in [-0.15, -0.1) is 5.10 Å². The van der Waals surface area contributed by atoms with Crippen LogP contribution in [0.3, 0.4) is 0 Å². The molecule has 2 heterocycles. The zero-order chi connectivity index (χ0) is 13.5. The molecule has 0 unspecified atom stereocenters. The Bertz CT molecular complexity index is 763. The molecule has 0 aliphatic heterocycles. The number of nitrogens with zero attached hydrogens (tertiary/aromatic N) is 6. The molecule has 0 spiro atoms. The normalized spacial score (nSPS) is 15.1. The molecule has 0 amide bonds. The third-order valence-corrected chi connectivity index (χ3v) is 4.07. The van der Waals surface area contributed by atoms with Gasteiger partial charge in [-0.1, -0.05) is 11.6 Å². The van der Waals surface area contributed by atoms with Crippen molar-refractivity contribution in [1.29, 1.82) is 0 Å². The molecule has 0 bridgehead atoms. The monoisotopic (exact) mass is 307 g/mol. The Morgan fingerprint density at radius 1 is 1.35 bits per heavy atom. The number of fused-ring (bicyclic) bond motifs is 1. The van der Waals surface area contributed by atoms with Gasteiger partial charge in [0.25, 0.3) is 0 Å². The summed E-state index contributed by atoms with van der Waals surface area (Å²) in [5, 5.41) is 15.8. The molecule has 0 saturated heterocycles. The van der Waals surface area contributed by atoms with Gasteiger partial charge in [-0.3, -0.25) is 0 Å². The van der Waals surface area contributed by atoms with Crippen LogP contribution < -0.4 is 5.32 Å². The minimum absolute atomic E-state index is 0.560. The summed E-state index contributed by atoms with van der Waals surface area (Å²) < 4.78 is 10.2. The molecular formula is C11H10ClN7S. The molecule has 1 aromatic carbocycles. The smallest absolute Gasteiger partial charge is 0.170 e. The molecule has 102 valence electrons. The second-order valence-electron chi connectivity index (χ2n) is 4.69. The fraction of sp³-hybridized carbons (Fsp3) is 0.364. The molecule has 0 atom stereocenters. The van der Waals surface area contributed by atoms with Crippen LogP contribution in [0.2, 0.25) is 5.02 Å². The number of hydrogen-bond donors (Lipinski definition) is 1. The van der Waals surface area contributed by atoms with Crippen LogP contribution in [0.4, 0.5) is 0 Å². The van der Waals surface area contributed by atoms with Crippen molar-refractivity contribution in [2.75, 3.05) is 0 Å². The minimum Gasteiger partial charge on any atom is -0.307 e. The van der Waals surface area contributed by atoms with Gasteiger partial charge in [0.15, 0.2) is 5.82 Å². The van der Waals surface area contributed by atoms with Gasteiger partial charge in [0.1, 0.15) is 16.7 Å². The van der Waals surface area contributed by atoms with Crippen molar-refractivity contribution in [3.8, 4) is 5.69 Å².